The number of alkyl halides is 11. The van der Waals surface area contributed by atoms with Gasteiger partial charge in [0.05, 0.1) is 0 Å². The van der Waals surface area contributed by atoms with Gasteiger partial charge in [-0.25, -0.2) is 0 Å². The van der Waals surface area contributed by atoms with E-state index in [4.69, 9.17) is 16.5 Å². The normalized spacial score (nSPS) is 17.8. The lowest BCUT2D eigenvalue weighted by Crippen LogP contribution is -2.60. The van der Waals surface area contributed by atoms with E-state index in [0.717, 1.165) is 31.7 Å². The fraction of sp³-hybridized carbons (Fsp3) is 1.00. The average molecular weight is 797 g/mol. The van der Waals surface area contributed by atoms with E-state index in [-0.39, 0.29) is 12.5 Å². The average Bonchev–Trinajstić information content (AvgIpc) is 2.82. The van der Waals surface area contributed by atoms with Crippen LogP contribution in [0.5, 0.6) is 0 Å². The van der Waals surface area contributed by atoms with Gasteiger partial charge in [0.1, 0.15) is 6.61 Å². The van der Waals surface area contributed by atoms with Gasteiger partial charge in [0.25, 0.3) is 9.28 Å². The number of unbranched alkanes of at least 4 members (excludes halogenated alkanes) is 2. The van der Waals surface area contributed by atoms with Crippen molar-refractivity contribution in [2.45, 2.75) is 147 Å². The number of halogens is 11. The van der Waals surface area contributed by atoms with Crippen LogP contribution in [-0.4, -0.2) is 86.5 Å². The first-order valence-corrected chi connectivity index (χ1v) is 29.1. The highest BCUT2D eigenvalue weighted by molar-refractivity contribution is 6.88. The topological polar surface area (TPSA) is 55.4 Å². The van der Waals surface area contributed by atoms with Crippen LogP contribution in [0.4, 0.5) is 48.3 Å². The van der Waals surface area contributed by atoms with E-state index in [1.807, 2.05) is 33.1 Å². The summed E-state index contributed by atoms with van der Waals surface area (Å²) in [5, 5.41) is 0. The fourth-order valence-corrected chi connectivity index (χ4v) is 27.4. The highest BCUT2D eigenvalue weighted by Crippen LogP contribution is 2.51. The summed E-state index contributed by atoms with van der Waals surface area (Å²) in [7, 11) is -12.3. The van der Waals surface area contributed by atoms with E-state index < -0.39 is 86.5 Å². The molecule has 0 aliphatic rings. The van der Waals surface area contributed by atoms with E-state index in [1.165, 1.54) is 0 Å². The van der Waals surface area contributed by atoms with Crippen LogP contribution in [0, 0.1) is 0 Å². The molecule has 0 N–H and O–H groups in total. The Balaban J connectivity index is 5.35. The van der Waals surface area contributed by atoms with Gasteiger partial charge in [-0.15, -0.1) is 0 Å². The summed E-state index contributed by atoms with van der Waals surface area (Å²) in [6.45, 7) is 16.7. The summed E-state index contributed by atoms with van der Waals surface area (Å²) in [5.41, 5.74) is 0. The molecule has 0 amide bonds. The molecule has 6 nitrogen and oxygen atoms in total. The summed E-state index contributed by atoms with van der Waals surface area (Å²) in [6.07, 6.45) is -16.5. The Kier molecular flexibility index (Phi) is 17.6. The van der Waals surface area contributed by atoms with Gasteiger partial charge in [0.15, 0.2) is 16.6 Å². The molecule has 0 fully saturated rings. The van der Waals surface area contributed by atoms with Crippen LogP contribution >= 0.6 is 0 Å². The molecule has 0 radical (unpaired) electrons. The third kappa shape index (κ3) is 15.9. The van der Waals surface area contributed by atoms with Crippen LogP contribution in [0.2, 0.25) is 70.5 Å². The van der Waals surface area contributed by atoms with E-state index in [0.29, 0.717) is 6.04 Å². The van der Waals surface area contributed by atoms with Crippen LogP contribution in [-0.2, 0) is 25.9 Å². The van der Waals surface area contributed by atoms with Crippen LogP contribution in [0.25, 0.3) is 0 Å². The van der Waals surface area contributed by atoms with Crippen molar-refractivity contribution in [3.05, 3.63) is 0 Å². The van der Waals surface area contributed by atoms with Crippen LogP contribution in [0.15, 0.2) is 0 Å². The third-order valence-electron chi connectivity index (χ3n) is 6.79. The van der Waals surface area contributed by atoms with Crippen molar-refractivity contribution in [2.24, 2.45) is 0 Å². The van der Waals surface area contributed by atoms with E-state index in [9.17, 15) is 48.3 Å². The Morgan fingerprint density at radius 2 is 1.09 bits per heavy atom. The highest BCUT2D eigenvalue weighted by atomic mass is 28.5. The third-order valence-corrected chi connectivity index (χ3v) is 26.2. The Labute approximate surface area is 276 Å². The van der Waals surface area contributed by atoms with Crippen LogP contribution in [0.1, 0.15) is 46.0 Å². The Bertz CT molecular complexity index is 944. The quantitative estimate of drug-likeness (QED) is 0.0583. The minimum absolute atomic E-state index is 0.0737. The molecule has 3 unspecified atom stereocenters. The van der Waals surface area contributed by atoms with Crippen molar-refractivity contribution >= 4 is 43.0 Å². The molecule has 0 heterocycles. The first-order chi connectivity index (χ1) is 20.8. The molecule has 0 aromatic carbocycles. The lowest BCUT2D eigenvalue weighted by molar-refractivity contribution is -0.486. The van der Waals surface area contributed by atoms with Crippen molar-refractivity contribution < 1.29 is 74.2 Å². The van der Waals surface area contributed by atoms with Crippen LogP contribution in [0.3, 0.4) is 0 Å². The number of hydrogen-bond donors (Lipinski definition) is 0. The Morgan fingerprint density at radius 3 is 1.55 bits per heavy atom. The molecule has 0 saturated heterocycles. The standard InChI is InChI=1S/C25H51F11O6Si5/c1-11-13-17-45(6,7)41-46(8,9)42-47(10,19-14-12-2)40-43(3)39-44(4,5)18-15-16-37-20-21(26,23(29,30)31)38-25(35,36)22(27,28)24(32,33)34/h43H,11-20H2,1-10H3. The van der Waals surface area contributed by atoms with E-state index >= 15 is 0 Å². The lowest BCUT2D eigenvalue weighted by Gasteiger charge is -2.41. The molecule has 0 aliphatic carbocycles. The highest BCUT2D eigenvalue weighted by Gasteiger charge is 2.78. The van der Waals surface area contributed by atoms with Gasteiger partial charge in [0, 0.05) is 6.61 Å². The van der Waals surface area contributed by atoms with Gasteiger partial charge in [-0.05, 0) is 76.9 Å². The van der Waals surface area contributed by atoms with Gasteiger partial charge in [-0.2, -0.15) is 48.3 Å². The van der Waals surface area contributed by atoms with Gasteiger partial charge >= 0.3 is 47.4 Å². The van der Waals surface area contributed by atoms with Crippen molar-refractivity contribution in [1.29, 1.82) is 0 Å². The van der Waals surface area contributed by atoms with Crippen molar-refractivity contribution in [3.63, 3.8) is 0 Å². The molecule has 284 valence electrons. The second kappa shape index (κ2) is 17.5. The molecule has 0 aromatic rings. The number of hydrogen-bond acceptors (Lipinski definition) is 6. The first-order valence-electron chi connectivity index (χ1n) is 15.4. The van der Waals surface area contributed by atoms with E-state index in [1.54, 1.807) is 13.1 Å². The molecule has 3 atom stereocenters. The zero-order chi connectivity index (χ0) is 37.4. The molecular formula is C25H51F11O6Si5. The molecule has 22 heteroatoms. The molecule has 0 rings (SSSR count). The molecule has 0 aliphatic heterocycles. The Morgan fingerprint density at radius 1 is 0.596 bits per heavy atom. The van der Waals surface area contributed by atoms with Gasteiger partial charge in [0.2, 0.25) is 0 Å². The zero-order valence-corrected chi connectivity index (χ0v) is 33.9. The predicted octanol–water partition coefficient (Wildman–Crippen LogP) is 10.1. The Hall–Kier alpha value is 0.0744. The smallest absolute Gasteiger partial charge is 0.439 e. The SMILES string of the molecule is CCCC[Si](C)(C)O[Si](C)(C)O[Si](C)(CCCC)O[SiH](C)O[Si](C)(C)CCCOCC(F)(OC(F)(F)C(F)(F)C(F)(F)F)C(F)(F)F. The fourth-order valence-electron chi connectivity index (χ4n) is 4.78. The molecule has 47 heavy (non-hydrogen) atoms. The minimum atomic E-state index is -7.11. The molecule has 0 spiro atoms. The molecule has 0 saturated carbocycles. The summed E-state index contributed by atoms with van der Waals surface area (Å²) in [6, 6.07) is 1.93. The predicted molar refractivity (Wildman–Crippen MR) is 168 cm³/mol. The van der Waals surface area contributed by atoms with Gasteiger partial charge in [-0.3, -0.25) is 4.74 Å². The van der Waals surface area contributed by atoms with Crippen LogP contribution < -0.4 is 0 Å². The van der Waals surface area contributed by atoms with Crippen molar-refractivity contribution in [2.75, 3.05) is 13.2 Å². The second-order valence-electron chi connectivity index (χ2n) is 13.3. The van der Waals surface area contributed by atoms with Crippen molar-refractivity contribution in [1.82, 2.24) is 0 Å². The van der Waals surface area contributed by atoms with Gasteiger partial charge in [-0.1, -0.05) is 39.5 Å². The summed E-state index contributed by atoms with van der Waals surface area (Å²) in [5.74, 6) is -12.8. The molecule has 0 aromatic heterocycles. The largest absolute Gasteiger partial charge is 0.462 e. The van der Waals surface area contributed by atoms with E-state index in [2.05, 4.69) is 29.5 Å². The number of rotatable bonds is 23. The first kappa shape index (κ1) is 47.1. The van der Waals surface area contributed by atoms with Gasteiger partial charge < -0.3 is 21.2 Å². The monoisotopic (exact) mass is 796 g/mol. The lowest BCUT2D eigenvalue weighted by atomic mass is 10.2. The minimum Gasteiger partial charge on any atom is -0.439 e. The maximum absolute atomic E-state index is 14.4. The summed E-state index contributed by atoms with van der Waals surface area (Å²) < 4.78 is 177. The summed E-state index contributed by atoms with van der Waals surface area (Å²) in [4.78, 5) is 0. The maximum atomic E-state index is 14.4. The summed E-state index contributed by atoms with van der Waals surface area (Å²) >= 11 is 0. The molecule has 0 bridgehead atoms. The number of ether oxygens (including phenoxy) is 2. The second-order valence-corrected chi connectivity index (χ2v) is 31.6. The molecular weight excluding hydrogens is 746 g/mol. The van der Waals surface area contributed by atoms with Crippen molar-refractivity contribution in [3.8, 4) is 0 Å². The maximum Gasteiger partial charge on any atom is 0.462 e. The zero-order valence-electron chi connectivity index (χ0n) is 28.8.